The zero-order valence-corrected chi connectivity index (χ0v) is 13.0. The van der Waals surface area contributed by atoms with E-state index in [0.717, 1.165) is 17.0 Å². The third kappa shape index (κ3) is 4.54. The van der Waals surface area contributed by atoms with Gasteiger partial charge in [0.15, 0.2) is 0 Å². The molecule has 23 heavy (non-hydrogen) atoms. The SMILES string of the molecule is COc1ccc(N[C@H](CC(C)=O)c2ccc([N+](=O)[O-])cc2)cc1. The molecule has 0 aliphatic heterocycles. The van der Waals surface area contributed by atoms with Crippen LogP contribution in [-0.2, 0) is 4.79 Å². The van der Waals surface area contributed by atoms with E-state index >= 15 is 0 Å². The third-order valence-corrected chi connectivity index (χ3v) is 3.43. The molecule has 0 aromatic heterocycles. The molecule has 0 heterocycles. The number of carbonyl (C=O) groups excluding carboxylic acids is 1. The molecular formula is C17H18N2O4. The summed E-state index contributed by atoms with van der Waals surface area (Å²) in [5.74, 6) is 0.781. The van der Waals surface area contributed by atoms with Gasteiger partial charge < -0.3 is 10.1 Å². The fraction of sp³-hybridized carbons (Fsp3) is 0.235. The molecule has 120 valence electrons. The van der Waals surface area contributed by atoms with Crippen LogP contribution >= 0.6 is 0 Å². The lowest BCUT2D eigenvalue weighted by Crippen LogP contribution is -2.14. The smallest absolute Gasteiger partial charge is 0.269 e. The van der Waals surface area contributed by atoms with Gasteiger partial charge in [-0.1, -0.05) is 12.1 Å². The van der Waals surface area contributed by atoms with Crippen LogP contribution in [0, 0.1) is 10.1 Å². The minimum atomic E-state index is -0.444. The van der Waals surface area contributed by atoms with Crippen molar-refractivity contribution in [3.63, 3.8) is 0 Å². The van der Waals surface area contributed by atoms with Gasteiger partial charge in [0.05, 0.1) is 18.1 Å². The number of ketones is 1. The number of rotatable bonds is 7. The van der Waals surface area contributed by atoms with Gasteiger partial charge in [-0.3, -0.25) is 14.9 Å². The monoisotopic (exact) mass is 314 g/mol. The molecule has 0 aliphatic rings. The van der Waals surface area contributed by atoms with Crippen molar-refractivity contribution in [1.29, 1.82) is 0 Å². The number of carbonyl (C=O) groups is 1. The van der Waals surface area contributed by atoms with E-state index in [2.05, 4.69) is 5.32 Å². The van der Waals surface area contributed by atoms with E-state index in [4.69, 9.17) is 4.74 Å². The van der Waals surface area contributed by atoms with Gasteiger partial charge in [-0.25, -0.2) is 0 Å². The van der Waals surface area contributed by atoms with Gasteiger partial charge >= 0.3 is 0 Å². The number of benzene rings is 2. The first-order valence-electron chi connectivity index (χ1n) is 7.14. The molecule has 0 aliphatic carbocycles. The number of nitrogens with one attached hydrogen (secondary N) is 1. The quantitative estimate of drug-likeness (QED) is 0.622. The number of hydrogen-bond acceptors (Lipinski definition) is 5. The Labute approximate surface area is 134 Å². The fourth-order valence-corrected chi connectivity index (χ4v) is 2.26. The Balaban J connectivity index is 2.21. The van der Waals surface area contributed by atoms with Gasteiger partial charge in [0, 0.05) is 24.2 Å². The molecule has 2 rings (SSSR count). The van der Waals surface area contributed by atoms with Gasteiger partial charge in [-0.2, -0.15) is 0 Å². The minimum Gasteiger partial charge on any atom is -0.497 e. The van der Waals surface area contributed by atoms with Crippen LogP contribution in [0.1, 0.15) is 24.9 Å². The van der Waals surface area contributed by atoms with Crippen LogP contribution < -0.4 is 10.1 Å². The second kappa shape index (κ2) is 7.40. The summed E-state index contributed by atoms with van der Waals surface area (Å²) in [5.41, 5.74) is 1.69. The minimum absolute atomic E-state index is 0.0276. The van der Waals surface area contributed by atoms with Crippen LogP contribution in [0.25, 0.3) is 0 Å². The molecule has 0 fully saturated rings. The maximum Gasteiger partial charge on any atom is 0.269 e. The number of non-ortho nitro benzene ring substituents is 1. The Morgan fingerprint density at radius 1 is 1.17 bits per heavy atom. The van der Waals surface area contributed by atoms with Crippen molar-refractivity contribution in [2.24, 2.45) is 0 Å². The first-order chi connectivity index (χ1) is 11.0. The van der Waals surface area contributed by atoms with Crippen molar-refractivity contribution in [2.75, 3.05) is 12.4 Å². The van der Waals surface area contributed by atoms with Crippen LogP contribution in [0.3, 0.4) is 0 Å². The zero-order valence-electron chi connectivity index (χ0n) is 13.0. The van der Waals surface area contributed by atoms with E-state index < -0.39 is 4.92 Å². The van der Waals surface area contributed by atoms with Gasteiger partial charge in [0.2, 0.25) is 0 Å². The molecule has 6 nitrogen and oxygen atoms in total. The number of Topliss-reactive ketones (excluding diaryl/α,β-unsaturated/α-hetero) is 1. The number of ether oxygens (including phenoxy) is 1. The fourth-order valence-electron chi connectivity index (χ4n) is 2.26. The maximum atomic E-state index is 11.5. The average molecular weight is 314 g/mol. The van der Waals surface area contributed by atoms with Gasteiger partial charge in [-0.15, -0.1) is 0 Å². The van der Waals surface area contributed by atoms with Crippen molar-refractivity contribution in [2.45, 2.75) is 19.4 Å². The molecule has 1 N–H and O–H groups in total. The molecule has 0 radical (unpaired) electrons. The Morgan fingerprint density at radius 3 is 2.26 bits per heavy atom. The number of nitrogens with zero attached hydrogens (tertiary/aromatic N) is 1. The lowest BCUT2D eigenvalue weighted by atomic mass is 10.0. The van der Waals surface area contributed by atoms with E-state index in [1.807, 2.05) is 24.3 Å². The van der Waals surface area contributed by atoms with Crippen LogP contribution in [0.4, 0.5) is 11.4 Å². The molecule has 0 amide bonds. The summed E-state index contributed by atoms with van der Waals surface area (Å²) >= 11 is 0. The van der Waals surface area contributed by atoms with E-state index in [0.29, 0.717) is 6.42 Å². The van der Waals surface area contributed by atoms with Crippen molar-refractivity contribution in [3.05, 3.63) is 64.2 Å². The van der Waals surface area contributed by atoms with Crippen molar-refractivity contribution in [3.8, 4) is 5.75 Å². The Morgan fingerprint density at radius 2 is 1.78 bits per heavy atom. The highest BCUT2D eigenvalue weighted by Crippen LogP contribution is 2.26. The molecule has 2 aromatic carbocycles. The predicted molar refractivity (Wildman–Crippen MR) is 87.8 cm³/mol. The van der Waals surface area contributed by atoms with E-state index in [1.165, 1.54) is 19.1 Å². The molecular weight excluding hydrogens is 296 g/mol. The van der Waals surface area contributed by atoms with E-state index in [1.54, 1.807) is 19.2 Å². The van der Waals surface area contributed by atoms with Crippen molar-refractivity contribution < 1.29 is 14.5 Å². The predicted octanol–water partition coefficient (Wildman–Crippen LogP) is 3.74. The van der Waals surface area contributed by atoms with Gasteiger partial charge in [0.1, 0.15) is 11.5 Å². The maximum absolute atomic E-state index is 11.5. The van der Waals surface area contributed by atoms with Crippen LogP contribution in [-0.4, -0.2) is 17.8 Å². The summed E-state index contributed by atoms with van der Waals surface area (Å²) in [6.07, 6.45) is 0.295. The number of anilines is 1. The summed E-state index contributed by atoms with van der Waals surface area (Å²) in [4.78, 5) is 21.8. The van der Waals surface area contributed by atoms with Crippen molar-refractivity contribution in [1.82, 2.24) is 0 Å². The molecule has 0 bridgehead atoms. The third-order valence-electron chi connectivity index (χ3n) is 3.43. The number of nitro groups is 1. The summed E-state index contributed by atoms with van der Waals surface area (Å²) in [6.45, 7) is 1.52. The Kier molecular flexibility index (Phi) is 5.30. The largest absolute Gasteiger partial charge is 0.497 e. The summed E-state index contributed by atoms with van der Waals surface area (Å²) in [6, 6.07) is 13.3. The Bertz CT molecular complexity index is 681. The van der Waals surface area contributed by atoms with Crippen LogP contribution in [0.5, 0.6) is 5.75 Å². The first kappa shape index (κ1) is 16.5. The van der Waals surface area contributed by atoms with Crippen LogP contribution in [0.15, 0.2) is 48.5 Å². The van der Waals surface area contributed by atoms with Crippen molar-refractivity contribution >= 4 is 17.2 Å². The second-order valence-corrected chi connectivity index (χ2v) is 5.18. The molecule has 1 atom stereocenters. The highest BCUT2D eigenvalue weighted by atomic mass is 16.6. The lowest BCUT2D eigenvalue weighted by molar-refractivity contribution is -0.384. The lowest BCUT2D eigenvalue weighted by Gasteiger charge is -2.19. The molecule has 0 saturated carbocycles. The van der Waals surface area contributed by atoms with Crippen LogP contribution in [0.2, 0.25) is 0 Å². The highest BCUT2D eigenvalue weighted by molar-refractivity contribution is 5.77. The average Bonchev–Trinajstić information content (AvgIpc) is 2.54. The molecule has 0 spiro atoms. The topological polar surface area (TPSA) is 81.5 Å². The Hall–Kier alpha value is -2.89. The standard InChI is InChI=1S/C17H18N2O4/c1-12(20)11-17(13-3-7-15(8-4-13)19(21)22)18-14-5-9-16(23-2)10-6-14/h3-10,17-18H,11H2,1-2H3/t17-/m1/s1. The summed E-state index contributed by atoms with van der Waals surface area (Å²) < 4.78 is 5.11. The zero-order chi connectivity index (χ0) is 16.8. The molecule has 6 heteroatoms. The van der Waals surface area contributed by atoms with E-state index in [9.17, 15) is 14.9 Å². The van der Waals surface area contributed by atoms with Gasteiger partial charge in [-0.05, 0) is 36.8 Å². The molecule has 0 saturated heterocycles. The number of hydrogen-bond donors (Lipinski definition) is 1. The normalized spacial score (nSPS) is 11.6. The highest BCUT2D eigenvalue weighted by Gasteiger charge is 2.15. The second-order valence-electron chi connectivity index (χ2n) is 5.18. The van der Waals surface area contributed by atoms with Gasteiger partial charge in [0.25, 0.3) is 5.69 Å². The summed E-state index contributed by atoms with van der Waals surface area (Å²) in [7, 11) is 1.60. The first-order valence-corrected chi connectivity index (χ1v) is 7.14. The number of methoxy groups -OCH3 is 1. The molecule has 0 unspecified atom stereocenters. The van der Waals surface area contributed by atoms with E-state index in [-0.39, 0.29) is 17.5 Å². The molecule has 2 aromatic rings. The number of nitro benzene ring substituents is 1. The summed E-state index contributed by atoms with van der Waals surface area (Å²) in [5, 5.41) is 14.0.